The van der Waals surface area contributed by atoms with Crippen LogP contribution in [0.15, 0.2) is 36.5 Å². The number of ether oxygens (including phenoxy) is 3. The van der Waals surface area contributed by atoms with Crippen molar-refractivity contribution in [1.82, 2.24) is 0 Å². The largest absolute Gasteiger partial charge is 0.544 e. The Hall–Kier alpha value is -2.45. The van der Waals surface area contributed by atoms with Gasteiger partial charge in [-0.2, -0.15) is 0 Å². The summed E-state index contributed by atoms with van der Waals surface area (Å²) in [5.41, 5.74) is 0. The number of hydrogen-bond donors (Lipinski definition) is 0. The van der Waals surface area contributed by atoms with Crippen LogP contribution in [0.4, 0.5) is 0 Å². The molecule has 2 unspecified atom stereocenters. The lowest BCUT2D eigenvalue weighted by atomic mass is 10.1. The predicted molar refractivity (Wildman–Crippen MR) is 273 cm³/mol. The number of quaternary nitrogens is 1. The first-order chi connectivity index (χ1) is 31.6. The topological polar surface area (TPSA) is 102 Å². The molecule has 0 bridgehead atoms. The van der Waals surface area contributed by atoms with Crippen LogP contribution >= 0.6 is 0 Å². The van der Waals surface area contributed by atoms with Crippen molar-refractivity contribution < 1.29 is 38.2 Å². The van der Waals surface area contributed by atoms with Gasteiger partial charge in [0.15, 0.2) is 6.10 Å². The summed E-state index contributed by atoms with van der Waals surface area (Å²) in [5.74, 6) is -1.74. The van der Waals surface area contributed by atoms with Gasteiger partial charge in [-0.05, 0) is 70.6 Å². The number of esters is 2. The predicted octanol–water partition coefficient (Wildman–Crippen LogP) is 14.8. The van der Waals surface area contributed by atoms with Crippen molar-refractivity contribution in [2.24, 2.45) is 0 Å². The second kappa shape index (κ2) is 48.0. The molecule has 0 amide bonds. The number of carbonyl (C=O) groups is 3. The zero-order valence-electron chi connectivity index (χ0n) is 43.4. The maximum absolute atomic E-state index is 12.8. The molecule has 0 rings (SSSR count). The Kier molecular flexibility index (Phi) is 46.2. The van der Waals surface area contributed by atoms with Crippen LogP contribution in [0, 0.1) is 0 Å². The maximum atomic E-state index is 12.8. The second-order valence-electron chi connectivity index (χ2n) is 19.8. The highest BCUT2D eigenvalue weighted by Crippen LogP contribution is 2.15. The van der Waals surface area contributed by atoms with Crippen molar-refractivity contribution in [3.8, 4) is 0 Å². The van der Waals surface area contributed by atoms with Gasteiger partial charge < -0.3 is 28.6 Å². The standard InChI is InChI=1S/C57H105NO7/c1-6-8-10-12-14-16-18-20-22-24-26-27-28-29-30-32-33-35-37-39-41-43-45-47-55(59)64-52-53(51-63-50-49-54(57(61)62)58(3,4)5)65-56(60)48-46-44-42-40-38-36-34-31-25-23-21-19-17-15-13-11-9-7-2/h26-27,29-31,34,53-54H,6-25,28,32-33,35-52H2,1-5H3/b27-26+,30-29+,34-31+. The number of carbonyl (C=O) groups excluding carboxylic acids is 3. The van der Waals surface area contributed by atoms with Gasteiger partial charge in [-0.25, -0.2) is 0 Å². The van der Waals surface area contributed by atoms with Crippen molar-refractivity contribution in [3.63, 3.8) is 0 Å². The SMILES string of the molecule is CCCCCCCCCCC/C=C/C/C=C/CCCCCCCCCC(=O)OCC(COCCC(C(=O)[O-])[N+](C)(C)C)OC(=O)CCCCCCC/C=C/CCCCCCCCCCC. The van der Waals surface area contributed by atoms with Crippen molar-refractivity contribution >= 4 is 17.9 Å². The molecule has 2 atom stereocenters. The molecule has 65 heavy (non-hydrogen) atoms. The summed E-state index contributed by atoms with van der Waals surface area (Å²) in [6.45, 7) is 4.68. The van der Waals surface area contributed by atoms with E-state index in [1.165, 1.54) is 161 Å². The number of carboxylic acid groups (broad SMARTS) is 1. The number of unbranched alkanes of at least 4 members (excludes halogenated alkanes) is 30. The minimum absolute atomic E-state index is 0.0366. The smallest absolute Gasteiger partial charge is 0.306 e. The zero-order valence-corrected chi connectivity index (χ0v) is 43.4. The zero-order chi connectivity index (χ0) is 47.7. The summed E-state index contributed by atoms with van der Waals surface area (Å²) in [7, 11) is 5.42. The summed E-state index contributed by atoms with van der Waals surface area (Å²) in [4.78, 5) is 37.1. The van der Waals surface area contributed by atoms with Crippen LogP contribution in [0.2, 0.25) is 0 Å². The first kappa shape index (κ1) is 62.5. The van der Waals surface area contributed by atoms with Gasteiger partial charge in [0.05, 0.1) is 40.3 Å². The molecule has 0 radical (unpaired) electrons. The molecule has 0 aliphatic rings. The van der Waals surface area contributed by atoms with E-state index in [4.69, 9.17) is 14.2 Å². The highest BCUT2D eigenvalue weighted by atomic mass is 16.6. The third-order valence-corrected chi connectivity index (χ3v) is 12.5. The van der Waals surface area contributed by atoms with Gasteiger partial charge in [0.1, 0.15) is 12.6 Å². The first-order valence-corrected chi connectivity index (χ1v) is 27.5. The highest BCUT2D eigenvalue weighted by molar-refractivity contribution is 5.70. The van der Waals surface area contributed by atoms with Gasteiger partial charge in [-0.1, -0.05) is 204 Å². The normalized spacial score (nSPS) is 13.1. The van der Waals surface area contributed by atoms with Crippen molar-refractivity contribution in [1.29, 1.82) is 0 Å². The molecule has 0 saturated carbocycles. The van der Waals surface area contributed by atoms with Gasteiger partial charge in [0, 0.05) is 19.3 Å². The molecule has 8 heteroatoms. The lowest BCUT2D eigenvalue weighted by Crippen LogP contribution is -2.55. The van der Waals surface area contributed by atoms with E-state index < -0.39 is 18.1 Å². The average molecular weight is 916 g/mol. The Labute approximate surface area is 402 Å². The quantitative estimate of drug-likeness (QED) is 0.0259. The molecule has 8 nitrogen and oxygen atoms in total. The van der Waals surface area contributed by atoms with Crippen LogP contribution in [-0.4, -0.2) is 75.5 Å². The Bertz CT molecular complexity index is 1160. The molecule has 0 aromatic rings. The van der Waals surface area contributed by atoms with Crippen LogP contribution < -0.4 is 5.11 Å². The van der Waals surface area contributed by atoms with E-state index in [0.29, 0.717) is 12.8 Å². The second-order valence-corrected chi connectivity index (χ2v) is 19.8. The summed E-state index contributed by atoms with van der Waals surface area (Å²) in [5, 5.41) is 11.7. The van der Waals surface area contributed by atoms with E-state index in [0.717, 1.165) is 64.2 Å². The number of nitrogens with zero attached hydrogens (tertiary/aromatic N) is 1. The Morgan fingerprint density at radius 1 is 0.462 bits per heavy atom. The van der Waals surface area contributed by atoms with Crippen LogP contribution in [0.1, 0.15) is 258 Å². The van der Waals surface area contributed by atoms with Crippen LogP contribution in [0.3, 0.4) is 0 Å². The molecule has 0 heterocycles. The molecule has 0 N–H and O–H groups in total. The molecule has 0 aliphatic heterocycles. The van der Waals surface area contributed by atoms with E-state index in [-0.39, 0.29) is 42.7 Å². The number of hydrogen-bond acceptors (Lipinski definition) is 7. The fraction of sp³-hybridized carbons (Fsp3) is 0.842. The van der Waals surface area contributed by atoms with Gasteiger partial charge in [0.2, 0.25) is 0 Å². The summed E-state index contributed by atoms with van der Waals surface area (Å²) >= 11 is 0. The van der Waals surface area contributed by atoms with E-state index in [1.54, 1.807) is 21.1 Å². The summed E-state index contributed by atoms with van der Waals surface area (Å²) < 4.78 is 17.3. The molecule has 0 aromatic carbocycles. The van der Waals surface area contributed by atoms with Crippen molar-refractivity contribution in [2.75, 3.05) is 41.0 Å². The molecular formula is C57H105NO7. The van der Waals surface area contributed by atoms with Crippen LogP contribution in [0.25, 0.3) is 0 Å². The van der Waals surface area contributed by atoms with Crippen molar-refractivity contribution in [2.45, 2.75) is 270 Å². The molecule has 0 aromatic heterocycles. The third kappa shape index (κ3) is 46.4. The van der Waals surface area contributed by atoms with Crippen molar-refractivity contribution in [3.05, 3.63) is 36.5 Å². The molecular weight excluding hydrogens is 811 g/mol. The van der Waals surface area contributed by atoms with E-state index in [2.05, 4.69) is 50.3 Å². The van der Waals surface area contributed by atoms with Gasteiger partial charge in [-0.15, -0.1) is 0 Å². The minimum Gasteiger partial charge on any atom is -0.544 e. The number of allylic oxidation sites excluding steroid dienone is 6. The Morgan fingerprint density at radius 2 is 0.815 bits per heavy atom. The number of carboxylic acids is 1. The van der Waals surface area contributed by atoms with Crippen LogP contribution in [-0.2, 0) is 28.6 Å². The van der Waals surface area contributed by atoms with E-state index in [9.17, 15) is 19.5 Å². The van der Waals surface area contributed by atoms with E-state index >= 15 is 0 Å². The summed E-state index contributed by atoms with van der Waals surface area (Å²) in [6, 6.07) is -0.729. The fourth-order valence-electron chi connectivity index (χ4n) is 8.22. The highest BCUT2D eigenvalue weighted by Gasteiger charge is 2.25. The fourth-order valence-corrected chi connectivity index (χ4v) is 8.22. The van der Waals surface area contributed by atoms with Gasteiger partial charge >= 0.3 is 11.9 Å². The molecule has 0 aliphatic carbocycles. The Morgan fingerprint density at radius 3 is 1.20 bits per heavy atom. The van der Waals surface area contributed by atoms with Gasteiger partial charge in [-0.3, -0.25) is 9.59 Å². The van der Waals surface area contributed by atoms with E-state index in [1.807, 2.05) is 0 Å². The number of aliphatic carboxylic acids is 1. The minimum atomic E-state index is -1.13. The molecule has 0 fully saturated rings. The molecule has 0 spiro atoms. The lowest BCUT2D eigenvalue weighted by molar-refractivity contribution is -0.889. The maximum Gasteiger partial charge on any atom is 0.306 e. The summed E-state index contributed by atoms with van der Waals surface area (Å²) in [6.07, 6.45) is 57.5. The molecule has 380 valence electrons. The number of rotatable bonds is 50. The monoisotopic (exact) mass is 916 g/mol. The van der Waals surface area contributed by atoms with Gasteiger partial charge in [0.25, 0.3) is 0 Å². The third-order valence-electron chi connectivity index (χ3n) is 12.5. The van der Waals surface area contributed by atoms with Crippen LogP contribution in [0.5, 0.6) is 0 Å². The number of likely N-dealkylation sites (N-methyl/N-ethyl adjacent to an activating group) is 1. The lowest BCUT2D eigenvalue weighted by Gasteiger charge is -2.34. The first-order valence-electron chi connectivity index (χ1n) is 27.5. The average Bonchev–Trinajstić information content (AvgIpc) is 3.27. The molecule has 0 saturated heterocycles. The Balaban J connectivity index is 4.21.